The largest absolute Gasteiger partial charge is 0.492 e. The molecule has 0 aliphatic rings. The van der Waals surface area contributed by atoms with Gasteiger partial charge in [-0.05, 0) is 51.6 Å². The van der Waals surface area contributed by atoms with Gasteiger partial charge in [0.2, 0.25) is 0 Å². The molecule has 0 saturated carbocycles. The minimum absolute atomic E-state index is 0.00945. The minimum atomic E-state index is -0.535. The van der Waals surface area contributed by atoms with Gasteiger partial charge in [0.1, 0.15) is 24.2 Å². The van der Waals surface area contributed by atoms with Gasteiger partial charge >= 0.3 is 0 Å². The van der Waals surface area contributed by atoms with Crippen molar-refractivity contribution in [1.29, 1.82) is 0 Å². The van der Waals surface area contributed by atoms with Crippen LogP contribution in [0.1, 0.15) is 40.5 Å². The number of ether oxygens (including phenoxy) is 2. The lowest BCUT2D eigenvalue weighted by Crippen LogP contribution is -2.42. The van der Waals surface area contributed by atoms with E-state index in [1.54, 1.807) is 11.8 Å². The zero-order chi connectivity index (χ0) is 17.3. The number of hydrogen-bond acceptors (Lipinski definition) is 5. The number of benzene rings is 1. The fourth-order valence-corrected chi connectivity index (χ4v) is 2.42. The van der Waals surface area contributed by atoms with E-state index in [1.165, 1.54) is 0 Å². The summed E-state index contributed by atoms with van der Waals surface area (Å²) < 4.78 is 11.5. The predicted octanol–water partition coefficient (Wildman–Crippen LogP) is 3.72. The average molecular weight is 342 g/mol. The van der Waals surface area contributed by atoms with E-state index >= 15 is 0 Å². The number of hydrogen-bond donors (Lipinski definition) is 2. The van der Waals surface area contributed by atoms with Crippen LogP contribution in [-0.2, 0) is 0 Å². The maximum Gasteiger partial charge on any atom is 0.133 e. The Balaban J connectivity index is 2.50. The van der Waals surface area contributed by atoms with Crippen molar-refractivity contribution in [2.24, 2.45) is 0 Å². The molecule has 5 heteroatoms. The first kappa shape index (κ1) is 20.1. The van der Waals surface area contributed by atoms with Gasteiger partial charge in [0, 0.05) is 12.1 Å². The highest BCUT2D eigenvalue weighted by atomic mass is 32.2. The van der Waals surface area contributed by atoms with Gasteiger partial charge in [-0.1, -0.05) is 13.3 Å². The van der Waals surface area contributed by atoms with Crippen LogP contribution in [0.5, 0.6) is 11.5 Å². The Hall–Kier alpha value is -0.910. The third kappa shape index (κ3) is 8.49. The van der Waals surface area contributed by atoms with Crippen LogP contribution in [0, 0.1) is 0 Å². The average Bonchev–Trinajstić information content (AvgIpc) is 2.51. The topological polar surface area (TPSA) is 50.7 Å². The summed E-state index contributed by atoms with van der Waals surface area (Å²) in [6.07, 6.45) is 3.66. The number of aliphatic hydroxyl groups is 1. The maximum atomic E-state index is 9.98. The Kier molecular flexibility index (Phi) is 8.81. The second kappa shape index (κ2) is 10.1. The van der Waals surface area contributed by atoms with Gasteiger partial charge in [0.05, 0.1) is 11.5 Å². The van der Waals surface area contributed by atoms with E-state index in [4.69, 9.17) is 9.47 Å². The zero-order valence-electron chi connectivity index (χ0n) is 15.0. The molecule has 0 aliphatic heterocycles. The van der Waals surface area contributed by atoms with Crippen molar-refractivity contribution in [3.8, 4) is 11.5 Å². The van der Waals surface area contributed by atoms with E-state index in [0.29, 0.717) is 6.54 Å². The normalized spacial score (nSPS) is 13.0. The van der Waals surface area contributed by atoms with E-state index in [0.717, 1.165) is 35.8 Å². The lowest BCUT2D eigenvalue weighted by atomic mass is 10.1. The first-order valence-corrected chi connectivity index (χ1v) is 9.45. The molecule has 1 unspecified atom stereocenters. The molecule has 1 atom stereocenters. The predicted molar refractivity (Wildman–Crippen MR) is 97.9 cm³/mol. The third-order valence-corrected chi connectivity index (χ3v) is 3.96. The third-order valence-electron chi connectivity index (χ3n) is 3.20. The first-order chi connectivity index (χ1) is 10.9. The van der Waals surface area contributed by atoms with Crippen molar-refractivity contribution < 1.29 is 14.6 Å². The summed E-state index contributed by atoms with van der Waals surface area (Å²) in [5, 5.41) is 13.2. The summed E-state index contributed by atoms with van der Waals surface area (Å²) in [7, 11) is 0. The molecule has 0 spiro atoms. The van der Waals surface area contributed by atoms with Gasteiger partial charge in [0.15, 0.2) is 0 Å². The summed E-state index contributed by atoms with van der Waals surface area (Å²) >= 11 is 1.64. The van der Waals surface area contributed by atoms with Crippen molar-refractivity contribution in [1.82, 2.24) is 5.32 Å². The van der Waals surface area contributed by atoms with Crippen molar-refractivity contribution in [3.05, 3.63) is 18.2 Å². The summed E-state index contributed by atoms with van der Waals surface area (Å²) in [5.41, 5.74) is -0.00945. The lowest BCUT2D eigenvalue weighted by Gasteiger charge is -2.23. The van der Waals surface area contributed by atoms with Crippen molar-refractivity contribution in [2.45, 2.75) is 57.1 Å². The molecule has 23 heavy (non-hydrogen) atoms. The van der Waals surface area contributed by atoms with Gasteiger partial charge in [-0.25, -0.2) is 0 Å². The Morgan fingerprint density at radius 2 is 2.00 bits per heavy atom. The van der Waals surface area contributed by atoms with E-state index in [-0.39, 0.29) is 12.1 Å². The highest BCUT2D eigenvalue weighted by molar-refractivity contribution is 7.98. The van der Waals surface area contributed by atoms with Gasteiger partial charge in [-0.2, -0.15) is 0 Å². The molecule has 1 rings (SSSR count). The monoisotopic (exact) mass is 341 g/mol. The molecule has 2 N–H and O–H groups in total. The Bertz CT molecular complexity index is 460. The Labute approximate surface area is 145 Å². The first-order valence-electron chi connectivity index (χ1n) is 8.22. The molecule has 0 radical (unpaired) electrons. The van der Waals surface area contributed by atoms with Crippen LogP contribution in [0.2, 0.25) is 0 Å². The number of rotatable bonds is 10. The molecule has 0 aromatic heterocycles. The van der Waals surface area contributed by atoms with Crippen molar-refractivity contribution in [2.75, 3.05) is 26.0 Å². The second-order valence-corrected chi connectivity index (χ2v) is 7.46. The smallest absolute Gasteiger partial charge is 0.133 e. The van der Waals surface area contributed by atoms with E-state index in [9.17, 15) is 5.11 Å². The molecular weight excluding hydrogens is 310 g/mol. The van der Waals surface area contributed by atoms with Crippen LogP contribution >= 0.6 is 11.8 Å². The number of unbranched alkanes of at least 4 members (excludes halogenated alkanes) is 1. The van der Waals surface area contributed by atoms with Gasteiger partial charge in [0.25, 0.3) is 0 Å². The van der Waals surface area contributed by atoms with Crippen LogP contribution in [0.3, 0.4) is 0 Å². The minimum Gasteiger partial charge on any atom is -0.492 e. The molecular formula is C18H31NO3S. The van der Waals surface area contributed by atoms with Gasteiger partial charge in [-0.3, -0.25) is 0 Å². The Morgan fingerprint density at radius 1 is 1.26 bits per heavy atom. The van der Waals surface area contributed by atoms with Crippen molar-refractivity contribution >= 4 is 11.8 Å². The van der Waals surface area contributed by atoms with Crippen LogP contribution in [0.25, 0.3) is 0 Å². The molecule has 0 amide bonds. The lowest BCUT2D eigenvalue weighted by molar-refractivity contribution is 0.0999. The molecule has 0 heterocycles. The zero-order valence-corrected chi connectivity index (χ0v) is 15.8. The Morgan fingerprint density at radius 3 is 2.61 bits per heavy atom. The number of β-amino-alcohol motifs (C(OH)–C–C–N with tert-alkyl or cyclic N) is 1. The molecule has 1 aromatic carbocycles. The number of aliphatic hydroxyl groups excluding tert-OH is 1. The highest BCUT2D eigenvalue weighted by Crippen LogP contribution is 2.31. The van der Waals surface area contributed by atoms with Crippen LogP contribution in [-0.4, -0.2) is 42.8 Å². The van der Waals surface area contributed by atoms with Gasteiger partial charge in [-0.15, -0.1) is 11.8 Å². The molecule has 132 valence electrons. The van der Waals surface area contributed by atoms with Crippen molar-refractivity contribution in [3.63, 3.8) is 0 Å². The van der Waals surface area contributed by atoms with E-state index in [1.807, 2.05) is 24.5 Å². The number of thioether (sulfide) groups is 1. The van der Waals surface area contributed by atoms with Crippen LogP contribution in [0.15, 0.2) is 23.1 Å². The summed E-state index contributed by atoms with van der Waals surface area (Å²) in [5.74, 6) is 1.65. The molecule has 1 aromatic rings. The fourth-order valence-electron chi connectivity index (χ4n) is 1.86. The molecule has 0 saturated heterocycles. The van der Waals surface area contributed by atoms with Gasteiger partial charge < -0.3 is 19.9 Å². The summed E-state index contributed by atoms with van der Waals surface area (Å²) in [6, 6.07) is 5.80. The molecule has 0 fully saturated rings. The summed E-state index contributed by atoms with van der Waals surface area (Å²) in [4.78, 5) is 1.06. The fraction of sp³-hybridized carbons (Fsp3) is 0.667. The van der Waals surface area contributed by atoms with E-state index in [2.05, 4.69) is 33.0 Å². The SMILES string of the molecule is CCCCOc1ccc(OCC(O)CNC(C)(C)C)cc1SC. The maximum absolute atomic E-state index is 9.98. The standard InChI is InChI=1S/C18H31NO3S/c1-6-7-10-21-16-9-8-15(11-17(16)23-5)22-13-14(20)12-19-18(2,3)4/h8-9,11,14,19-20H,6-7,10,12-13H2,1-5H3. The molecule has 0 bridgehead atoms. The number of nitrogens with one attached hydrogen (secondary N) is 1. The quantitative estimate of drug-likeness (QED) is 0.502. The van der Waals surface area contributed by atoms with E-state index < -0.39 is 6.10 Å². The molecule has 0 aliphatic carbocycles. The molecule has 4 nitrogen and oxygen atoms in total. The van der Waals surface area contributed by atoms with Crippen LogP contribution < -0.4 is 14.8 Å². The summed E-state index contributed by atoms with van der Waals surface area (Å²) in [6.45, 7) is 9.88. The van der Waals surface area contributed by atoms with Crippen LogP contribution in [0.4, 0.5) is 0 Å². The second-order valence-electron chi connectivity index (χ2n) is 6.61. The highest BCUT2D eigenvalue weighted by Gasteiger charge is 2.13.